The maximum atomic E-state index is 12.9. The monoisotopic (exact) mass is 286 g/mol. The highest BCUT2D eigenvalue weighted by Crippen LogP contribution is 2.50. The fourth-order valence-corrected chi connectivity index (χ4v) is 2.22. The predicted molar refractivity (Wildman–Crippen MR) is 70.3 cm³/mol. The van der Waals surface area contributed by atoms with Crippen molar-refractivity contribution in [3.63, 3.8) is 0 Å². The Kier molecular flexibility index (Phi) is 3.77. The minimum Gasteiger partial charge on any atom is -0.326 e. The van der Waals surface area contributed by atoms with E-state index in [1.54, 1.807) is 31.2 Å². The normalized spacial score (nSPS) is 18.4. The van der Waals surface area contributed by atoms with Crippen molar-refractivity contribution in [3.8, 4) is 0 Å². The molecule has 6 heteroatoms. The van der Waals surface area contributed by atoms with Crippen LogP contribution in [0.25, 0.3) is 0 Å². The summed E-state index contributed by atoms with van der Waals surface area (Å²) in [6.07, 6.45) is -3.99. The number of rotatable bonds is 4. The van der Waals surface area contributed by atoms with E-state index in [2.05, 4.69) is 10.6 Å². The molecule has 1 saturated carbocycles. The van der Waals surface area contributed by atoms with Gasteiger partial charge in [0.25, 0.3) is 0 Å². The van der Waals surface area contributed by atoms with E-state index in [1.807, 2.05) is 0 Å². The Morgan fingerprint density at radius 3 is 2.50 bits per heavy atom. The quantitative estimate of drug-likeness (QED) is 0.890. The van der Waals surface area contributed by atoms with Gasteiger partial charge in [0.05, 0.1) is 0 Å². The maximum Gasteiger partial charge on any atom is 0.406 e. The first-order valence-corrected chi connectivity index (χ1v) is 6.45. The van der Waals surface area contributed by atoms with Crippen LogP contribution in [-0.2, 0) is 4.79 Å². The van der Waals surface area contributed by atoms with Crippen LogP contribution in [0.15, 0.2) is 24.3 Å². The van der Waals surface area contributed by atoms with Crippen molar-refractivity contribution >= 4 is 11.6 Å². The van der Waals surface area contributed by atoms with Crippen LogP contribution < -0.4 is 10.6 Å². The summed E-state index contributed by atoms with van der Waals surface area (Å²) in [5.74, 6) is -0.211. The fraction of sp³-hybridized carbons (Fsp3) is 0.500. The molecule has 2 N–H and O–H groups in total. The molecule has 1 aromatic carbocycles. The van der Waals surface area contributed by atoms with E-state index in [4.69, 9.17) is 0 Å². The Morgan fingerprint density at radius 2 is 2.00 bits per heavy atom. The first-order valence-electron chi connectivity index (χ1n) is 6.45. The maximum absolute atomic E-state index is 12.9. The number of benzene rings is 1. The first-order chi connectivity index (χ1) is 9.23. The lowest BCUT2D eigenvalue weighted by Crippen LogP contribution is -2.45. The number of amides is 1. The van der Waals surface area contributed by atoms with Gasteiger partial charge < -0.3 is 5.32 Å². The number of anilines is 1. The Balaban J connectivity index is 2.10. The van der Waals surface area contributed by atoms with E-state index >= 15 is 0 Å². The van der Waals surface area contributed by atoms with E-state index in [9.17, 15) is 18.0 Å². The van der Waals surface area contributed by atoms with Gasteiger partial charge in [-0.25, -0.2) is 0 Å². The van der Waals surface area contributed by atoms with Gasteiger partial charge in [-0.15, -0.1) is 0 Å². The Hall–Kier alpha value is -1.56. The van der Waals surface area contributed by atoms with E-state index in [-0.39, 0.29) is 18.7 Å². The molecule has 1 aliphatic carbocycles. The molecule has 2 rings (SSSR count). The van der Waals surface area contributed by atoms with Crippen LogP contribution >= 0.6 is 0 Å². The number of alkyl halides is 3. The summed E-state index contributed by atoms with van der Waals surface area (Å²) in [4.78, 5) is 11.0. The second-order valence-electron chi connectivity index (χ2n) is 5.25. The Morgan fingerprint density at radius 1 is 1.35 bits per heavy atom. The molecule has 110 valence electrons. The van der Waals surface area contributed by atoms with Gasteiger partial charge in [0.1, 0.15) is 5.54 Å². The van der Waals surface area contributed by atoms with Gasteiger partial charge in [-0.1, -0.05) is 12.1 Å². The summed E-state index contributed by atoms with van der Waals surface area (Å²) in [5.41, 5.74) is -0.441. The Bertz CT molecular complexity index is 509. The number of halogens is 3. The van der Waals surface area contributed by atoms with Gasteiger partial charge in [-0.2, -0.15) is 13.2 Å². The molecule has 0 spiro atoms. The lowest BCUT2D eigenvalue weighted by Gasteiger charge is -2.25. The largest absolute Gasteiger partial charge is 0.406 e. The molecule has 1 unspecified atom stereocenters. The third kappa shape index (κ3) is 3.12. The molecule has 0 radical (unpaired) electrons. The van der Waals surface area contributed by atoms with Crippen molar-refractivity contribution in [1.29, 1.82) is 0 Å². The summed E-state index contributed by atoms with van der Waals surface area (Å²) in [5, 5.41) is 5.29. The molecule has 0 heterocycles. The van der Waals surface area contributed by atoms with Gasteiger partial charge in [0.15, 0.2) is 0 Å². The minimum absolute atomic E-state index is 0.117. The third-order valence-corrected chi connectivity index (χ3v) is 3.49. The van der Waals surface area contributed by atoms with E-state index in [1.165, 1.54) is 6.92 Å². The highest BCUT2D eigenvalue weighted by Gasteiger charge is 2.63. The van der Waals surface area contributed by atoms with E-state index in [0.29, 0.717) is 11.3 Å². The van der Waals surface area contributed by atoms with Gasteiger partial charge in [0.2, 0.25) is 5.91 Å². The van der Waals surface area contributed by atoms with E-state index in [0.717, 1.165) is 0 Å². The van der Waals surface area contributed by atoms with Crippen LogP contribution in [-0.4, -0.2) is 17.6 Å². The van der Waals surface area contributed by atoms with Crippen LogP contribution in [0.5, 0.6) is 0 Å². The molecule has 0 aromatic heterocycles. The molecule has 1 amide bonds. The molecular weight excluding hydrogens is 269 g/mol. The van der Waals surface area contributed by atoms with Crippen molar-refractivity contribution in [2.45, 2.75) is 44.4 Å². The fourth-order valence-electron chi connectivity index (χ4n) is 2.22. The summed E-state index contributed by atoms with van der Waals surface area (Å²) in [6, 6.07) is 6.41. The molecule has 0 aliphatic heterocycles. The average molecular weight is 286 g/mol. The summed E-state index contributed by atoms with van der Waals surface area (Å²) in [6.45, 7) is 3.08. The van der Waals surface area contributed by atoms with Crippen molar-refractivity contribution in [1.82, 2.24) is 5.32 Å². The SMILES string of the molecule is CC(=O)Nc1cccc(C(C)NC2(C(F)(F)F)CC2)c1. The molecule has 20 heavy (non-hydrogen) atoms. The van der Waals surface area contributed by atoms with Crippen molar-refractivity contribution in [2.24, 2.45) is 0 Å². The van der Waals surface area contributed by atoms with Gasteiger partial charge in [-0.3, -0.25) is 10.1 Å². The highest BCUT2D eigenvalue weighted by atomic mass is 19.4. The predicted octanol–water partition coefficient (Wildman–Crippen LogP) is 3.39. The summed E-state index contributed by atoms with van der Waals surface area (Å²) < 4.78 is 38.7. The standard InChI is InChI=1S/C14H17F3N2O/c1-9(19-13(6-7-13)14(15,16)17)11-4-3-5-12(8-11)18-10(2)20/h3-5,8-9,19H,6-7H2,1-2H3,(H,18,20). The second kappa shape index (κ2) is 5.09. The summed E-state index contributed by atoms with van der Waals surface area (Å²) in [7, 11) is 0. The zero-order valence-electron chi connectivity index (χ0n) is 11.3. The Labute approximate surface area is 115 Å². The van der Waals surface area contributed by atoms with Crippen LogP contribution in [0.3, 0.4) is 0 Å². The first kappa shape index (κ1) is 14.8. The zero-order valence-corrected chi connectivity index (χ0v) is 11.3. The third-order valence-electron chi connectivity index (χ3n) is 3.49. The molecular formula is C14H17F3N2O. The van der Waals surface area contributed by atoms with Crippen molar-refractivity contribution in [2.75, 3.05) is 5.32 Å². The van der Waals surface area contributed by atoms with Crippen LogP contribution in [0, 0.1) is 0 Å². The van der Waals surface area contributed by atoms with Gasteiger partial charge in [0, 0.05) is 18.7 Å². The topological polar surface area (TPSA) is 41.1 Å². The molecule has 3 nitrogen and oxygen atoms in total. The van der Waals surface area contributed by atoms with E-state index < -0.39 is 17.8 Å². The lowest BCUT2D eigenvalue weighted by molar-refractivity contribution is -0.167. The average Bonchev–Trinajstić information content (AvgIpc) is 3.08. The van der Waals surface area contributed by atoms with Gasteiger partial charge >= 0.3 is 6.18 Å². The highest BCUT2D eigenvalue weighted by molar-refractivity contribution is 5.88. The van der Waals surface area contributed by atoms with Crippen molar-refractivity contribution < 1.29 is 18.0 Å². The second-order valence-corrected chi connectivity index (χ2v) is 5.25. The number of hydrogen-bond acceptors (Lipinski definition) is 2. The lowest BCUT2D eigenvalue weighted by atomic mass is 10.1. The molecule has 1 atom stereocenters. The number of carbonyl (C=O) groups is 1. The zero-order chi connectivity index (χ0) is 15.0. The molecule has 0 bridgehead atoms. The van der Waals surface area contributed by atoms with Crippen LogP contribution in [0.1, 0.15) is 38.3 Å². The van der Waals surface area contributed by atoms with Crippen LogP contribution in [0.4, 0.5) is 18.9 Å². The smallest absolute Gasteiger partial charge is 0.326 e. The molecule has 1 aromatic rings. The molecule has 1 aliphatic rings. The molecule has 0 saturated heterocycles. The van der Waals surface area contributed by atoms with Crippen LogP contribution in [0.2, 0.25) is 0 Å². The summed E-state index contributed by atoms with van der Waals surface area (Å²) >= 11 is 0. The number of hydrogen-bond donors (Lipinski definition) is 2. The van der Waals surface area contributed by atoms with Crippen molar-refractivity contribution in [3.05, 3.63) is 29.8 Å². The minimum atomic E-state index is -4.23. The van der Waals surface area contributed by atoms with Gasteiger partial charge in [-0.05, 0) is 37.5 Å². The number of carbonyl (C=O) groups excluding carboxylic acids is 1. The molecule has 1 fully saturated rings. The number of nitrogens with one attached hydrogen (secondary N) is 2.